The average Bonchev–Trinajstić information content (AvgIpc) is 3.52. The van der Waals surface area contributed by atoms with Crippen LogP contribution in [0.3, 0.4) is 0 Å². The molecule has 10 nitrogen and oxygen atoms in total. The summed E-state index contributed by atoms with van der Waals surface area (Å²) in [4.78, 5) is 47.4. The molecule has 2 aliphatic rings. The molecule has 0 spiro atoms. The average molecular weight is 609 g/mol. The van der Waals surface area contributed by atoms with Crippen molar-refractivity contribution in [1.82, 2.24) is 19.9 Å². The summed E-state index contributed by atoms with van der Waals surface area (Å²) in [5.41, 5.74) is 5.42. The third kappa shape index (κ3) is 8.53. The zero-order valence-electron chi connectivity index (χ0n) is 23.7. The highest BCUT2D eigenvalue weighted by Crippen LogP contribution is 2.36. The van der Waals surface area contributed by atoms with Crippen LogP contribution < -0.4 is 5.32 Å². The van der Waals surface area contributed by atoms with Crippen molar-refractivity contribution < 1.29 is 32.7 Å². The van der Waals surface area contributed by atoms with E-state index in [9.17, 15) is 22.8 Å². The van der Waals surface area contributed by atoms with E-state index >= 15 is 0 Å². The molecule has 0 saturated carbocycles. The first-order chi connectivity index (χ1) is 21.0. The number of carboxylic acids is 1. The fourth-order valence-electron chi connectivity index (χ4n) is 5.20. The summed E-state index contributed by atoms with van der Waals surface area (Å²) in [7, 11) is 0. The first kappa shape index (κ1) is 31.9. The molecule has 0 bridgehead atoms. The second kappa shape index (κ2) is 14.5. The minimum Gasteiger partial charge on any atom is -0.475 e. The number of halogens is 3. The van der Waals surface area contributed by atoms with Crippen LogP contribution in [0.2, 0.25) is 0 Å². The Morgan fingerprint density at radius 3 is 2.50 bits per heavy atom. The van der Waals surface area contributed by atoms with E-state index in [1.165, 1.54) is 23.8 Å². The number of aromatic nitrogens is 3. The highest BCUT2D eigenvalue weighted by Gasteiger charge is 2.38. The van der Waals surface area contributed by atoms with Crippen molar-refractivity contribution in [1.29, 1.82) is 5.26 Å². The fourth-order valence-corrected chi connectivity index (χ4v) is 5.20. The number of aromatic amines is 1. The number of nitrogens with one attached hydrogen (secondary N) is 2. The van der Waals surface area contributed by atoms with Crippen LogP contribution in [0.5, 0.6) is 0 Å². The number of H-pyrrole nitrogens is 1. The number of piperidine rings is 1. The summed E-state index contributed by atoms with van der Waals surface area (Å²) >= 11 is 0. The molecular formula is C31H31F3N6O4. The summed E-state index contributed by atoms with van der Waals surface area (Å²) < 4.78 is 31.7. The lowest BCUT2D eigenvalue weighted by molar-refractivity contribution is -0.192. The van der Waals surface area contributed by atoms with Gasteiger partial charge in [-0.2, -0.15) is 18.4 Å². The number of benzene rings is 1. The summed E-state index contributed by atoms with van der Waals surface area (Å²) in [6.07, 6.45) is 8.62. The maximum Gasteiger partial charge on any atom is 0.490 e. The number of amides is 2. The Balaban J connectivity index is 0.000000566. The first-order valence-electron chi connectivity index (χ1n) is 14.1. The van der Waals surface area contributed by atoms with Gasteiger partial charge in [0.25, 0.3) is 5.91 Å². The summed E-state index contributed by atoms with van der Waals surface area (Å²) in [6.45, 7) is 1.47. The number of nitriles is 1. The number of carbonyl (C=O) groups excluding carboxylic acids is 2. The number of anilines is 1. The van der Waals surface area contributed by atoms with E-state index in [0.717, 1.165) is 62.0 Å². The number of hydrogen-bond acceptors (Lipinski definition) is 6. The van der Waals surface area contributed by atoms with Crippen molar-refractivity contribution in [3.05, 3.63) is 83.2 Å². The Hall–Kier alpha value is -4.99. The predicted molar refractivity (Wildman–Crippen MR) is 154 cm³/mol. The predicted octanol–water partition coefficient (Wildman–Crippen LogP) is 5.47. The second-order valence-electron chi connectivity index (χ2n) is 10.5. The number of carboxylic acid groups (broad SMARTS) is 1. The standard InChI is InChI=1S/C29H30N6O2.C2HF3O2/c30-17-24-19-32-28(33-24)29(37)34-26-9-8-23(16-25(26)22-6-2-1-3-7-22)21-10-13-35(14-11-21)27(36)15-20-5-4-12-31-18-20;3-2(4,5)1(6)7/h4-6,8-9,12,16,18-19,21H,1-3,7,10-11,13-15H2,(H,32,33)(H,34,37);(H,6,7). The van der Waals surface area contributed by atoms with Crippen LogP contribution in [0.4, 0.5) is 18.9 Å². The van der Waals surface area contributed by atoms with Crippen molar-refractivity contribution >= 4 is 29.0 Å². The Bertz CT molecular complexity index is 1550. The van der Waals surface area contributed by atoms with Gasteiger partial charge < -0.3 is 20.3 Å². The molecule has 1 aliphatic carbocycles. The van der Waals surface area contributed by atoms with Crippen LogP contribution in [0.15, 0.2) is 55.0 Å². The molecule has 5 rings (SSSR count). The van der Waals surface area contributed by atoms with Crippen molar-refractivity contribution in [3.63, 3.8) is 0 Å². The summed E-state index contributed by atoms with van der Waals surface area (Å²) in [5, 5.41) is 19.1. The second-order valence-corrected chi connectivity index (χ2v) is 10.5. The Labute approximate surface area is 251 Å². The highest BCUT2D eigenvalue weighted by molar-refractivity contribution is 6.03. The smallest absolute Gasteiger partial charge is 0.475 e. The summed E-state index contributed by atoms with van der Waals surface area (Å²) in [6, 6.07) is 12.0. The fraction of sp³-hybridized carbons (Fsp3) is 0.355. The molecule has 0 atom stereocenters. The lowest BCUT2D eigenvalue weighted by Crippen LogP contribution is -2.38. The maximum absolute atomic E-state index is 12.8. The van der Waals surface area contributed by atoms with E-state index in [0.29, 0.717) is 12.3 Å². The zero-order chi connectivity index (χ0) is 31.7. The zero-order valence-corrected chi connectivity index (χ0v) is 23.7. The number of likely N-dealkylation sites (tertiary alicyclic amines) is 1. The van der Waals surface area contributed by atoms with Crippen LogP contribution >= 0.6 is 0 Å². The van der Waals surface area contributed by atoms with E-state index in [-0.39, 0.29) is 23.3 Å². The van der Waals surface area contributed by atoms with Crippen LogP contribution in [0.25, 0.3) is 5.57 Å². The third-order valence-corrected chi connectivity index (χ3v) is 7.48. The number of aliphatic carboxylic acids is 1. The number of carbonyl (C=O) groups is 3. The Morgan fingerprint density at radius 2 is 1.91 bits per heavy atom. The van der Waals surface area contributed by atoms with Gasteiger partial charge in [-0.1, -0.05) is 18.2 Å². The maximum atomic E-state index is 12.8. The lowest BCUT2D eigenvalue weighted by atomic mass is 9.85. The molecule has 1 fully saturated rings. The third-order valence-electron chi connectivity index (χ3n) is 7.48. The largest absolute Gasteiger partial charge is 0.490 e. The quantitative estimate of drug-likeness (QED) is 0.336. The van der Waals surface area contributed by atoms with Gasteiger partial charge in [-0.25, -0.2) is 9.78 Å². The van der Waals surface area contributed by atoms with Gasteiger partial charge >= 0.3 is 12.1 Å². The summed E-state index contributed by atoms with van der Waals surface area (Å²) in [5.74, 6) is -2.50. The molecule has 230 valence electrons. The van der Waals surface area contributed by atoms with E-state index in [1.807, 2.05) is 29.2 Å². The van der Waals surface area contributed by atoms with Crippen LogP contribution in [0, 0.1) is 11.3 Å². The monoisotopic (exact) mass is 608 g/mol. The molecule has 0 unspecified atom stereocenters. The number of alkyl halides is 3. The number of hydrogen-bond donors (Lipinski definition) is 3. The molecule has 3 aromatic rings. The van der Waals surface area contributed by atoms with E-state index in [4.69, 9.17) is 15.2 Å². The van der Waals surface area contributed by atoms with Crippen molar-refractivity contribution in [2.75, 3.05) is 18.4 Å². The molecule has 2 amide bonds. The van der Waals surface area contributed by atoms with Gasteiger partial charge in [-0.3, -0.25) is 14.6 Å². The molecule has 1 aromatic carbocycles. The van der Waals surface area contributed by atoms with E-state index < -0.39 is 12.1 Å². The first-order valence-corrected chi connectivity index (χ1v) is 14.1. The van der Waals surface area contributed by atoms with Gasteiger partial charge in [0.15, 0.2) is 11.5 Å². The van der Waals surface area contributed by atoms with Gasteiger partial charge in [0.05, 0.1) is 6.42 Å². The van der Waals surface area contributed by atoms with Gasteiger partial charge in [-0.15, -0.1) is 0 Å². The molecule has 1 aliphatic heterocycles. The highest BCUT2D eigenvalue weighted by atomic mass is 19.4. The lowest BCUT2D eigenvalue weighted by Gasteiger charge is -2.33. The minimum atomic E-state index is -5.08. The van der Waals surface area contributed by atoms with Crippen LogP contribution in [-0.2, 0) is 16.0 Å². The number of pyridine rings is 1. The molecule has 1 saturated heterocycles. The molecule has 44 heavy (non-hydrogen) atoms. The molecule has 3 N–H and O–H groups in total. The topological polar surface area (TPSA) is 152 Å². The van der Waals surface area contributed by atoms with Gasteiger partial charge in [0.1, 0.15) is 6.07 Å². The normalized spacial score (nSPS) is 15.3. The molecule has 3 heterocycles. The van der Waals surface area contributed by atoms with Gasteiger partial charge in [0, 0.05) is 42.9 Å². The van der Waals surface area contributed by atoms with Crippen LogP contribution in [0.1, 0.15) is 77.4 Å². The number of rotatable bonds is 6. The van der Waals surface area contributed by atoms with Gasteiger partial charge in [0.2, 0.25) is 5.91 Å². The Morgan fingerprint density at radius 1 is 1.16 bits per heavy atom. The number of imidazole rings is 1. The molecule has 13 heteroatoms. The van der Waals surface area contributed by atoms with Gasteiger partial charge in [-0.05, 0) is 79.3 Å². The SMILES string of the molecule is N#Cc1c[nH]c(C(=O)Nc2ccc(C3CCN(C(=O)Cc4cccnc4)CC3)cc2C2=CCCCC2)n1.O=C(O)C(F)(F)F. The molecular weight excluding hydrogens is 577 g/mol. The Kier molecular flexibility index (Phi) is 10.5. The number of nitrogens with zero attached hydrogens (tertiary/aromatic N) is 4. The van der Waals surface area contributed by atoms with Crippen LogP contribution in [-0.4, -0.2) is 62.0 Å². The van der Waals surface area contributed by atoms with Crippen molar-refractivity contribution in [2.24, 2.45) is 0 Å². The number of allylic oxidation sites excluding steroid dienone is 2. The molecule has 0 radical (unpaired) electrons. The van der Waals surface area contributed by atoms with Crippen molar-refractivity contribution in [3.8, 4) is 6.07 Å². The molecule has 2 aromatic heterocycles. The van der Waals surface area contributed by atoms with Crippen molar-refractivity contribution in [2.45, 2.75) is 57.0 Å². The van der Waals surface area contributed by atoms with E-state index in [1.54, 1.807) is 12.4 Å². The minimum absolute atomic E-state index is 0.118. The van der Waals surface area contributed by atoms with E-state index in [2.05, 4.69) is 38.5 Å².